The molecular weight excluding hydrogens is 156 g/mol. The van der Waals surface area contributed by atoms with Crippen LogP contribution in [0.2, 0.25) is 0 Å². The second kappa shape index (κ2) is 23.6. The van der Waals surface area contributed by atoms with Gasteiger partial charge in [-0.05, 0) is 0 Å². The molecular formula is C5H14O6. The standard InChI is InChI=1S/C2H6.2CH2O3.CH4/c1-2;2*2-1(3)4;/h1-2H3;2*(H2,2,3,4);1H4. The molecule has 0 saturated carbocycles. The Morgan fingerprint density at radius 3 is 0.818 bits per heavy atom. The molecule has 11 heavy (non-hydrogen) atoms. The summed E-state index contributed by atoms with van der Waals surface area (Å²) in [7, 11) is 0. The van der Waals surface area contributed by atoms with Crippen molar-refractivity contribution in [3.63, 3.8) is 0 Å². The van der Waals surface area contributed by atoms with Gasteiger partial charge in [0.05, 0.1) is 0 Å². The monoisotopic (exact) mass is 170 g/mol. The fourth-order valence-electron chi connectivity index (χ4n) is 0. The van der Waals surface area contributed by atoms with Crippen molar-refractivity contribution in [2.24, 2.45) is 0 Å². The molecule has 0 aliphatic rings. The van der Waals surface area contributed by atoms with E-state index in [1.165, 1.54) is 0 Å². The van der Waals surface area contributed by atoms with Gasteiger partial charge in [0, 0.05) is 0 Å². The smallest absolute Gasteiger partial charge is 0.450 e. The van der Waals surface area contributed by atoms with Crippen molar-refractivity contribution in [3.8, 4) is 0 Å². The van der Waals surface area contributed by atoms with E-state index in [-0.39, 0.29) is 7.43 Å². The largest absolute Gasteiger partial charge is 0.503 e. The van der Waals surface area contributed by atoms with Gasteiger partial charge in [0.15, 0.2) is 0 Å². The minimum absolute atomic E-state index is 0. The van der Waals surface area contributed by atoms with Crippen LogP contribution in [0.25, 0.3) is 0 Å². The third-order valence-electron chi connectivity index (χ3n) is 0. The van der Waals surface area contributed by atoms with Crippen LogP contribution in [0.15, 0.2) is 0 Å². The van der Waals surface area contributed by atoms with E-state index in [1.807, 2.05) is 13.8 Å². The first-order valence-corrected chi connectivity index (χ1v) is 2.30. The fourth-order valence-corrected chi connectivity index (χ4v) is 0. The number of carbonyl (C=O) groups is 2. The van der Waals surface area contributed by atoms with Gasteiger partial charge in [-0.2, -0.15) is 0 Å². The highest BCUT2D eigenvalue weighted by atomic mass is 16.6. The topological polar surface area (TPSA) is 115 Å². The molecule has 0 aliphatic carbocycles. The first-order valence-electron chi connectivity index (χ1n) is 2.30. The molecule has 0 bridgehead atoms. The molecule has 6 heteroatoms. The predicted molar refractivity (Wildman–Crippen MR) is 39.4 cm³/mol. The molecule has 0 saturated heterocycles. The molecule has 70 valence electrons. The van der Waals surface area contributed by atoms with E-state index >= 15 is 0 Å². The highest BCUT2D eigenvalue weighted by Gasteiger charge is 1.70. The van der Waals surface area contributed by atoms with Gasteiger partial charge in [0.1, 0.15) is 0 Å². The average molecular weight is 170 g/mol. The van der Waals surface area contributed by atoms with Crippen LogP contribution in [0.4, 0.5) is 9.59 Å². The molecule has 0 amide bonds. The second-order valence-corrected chi connectivity index (χ2v) is 0.565. The summed E-state index contributed by atoms with van der Waals surface area (Å²) in [5.74, 6) is 0. The van der Waals surface area contributed by atoms with Crippen LogP contribution in [0.3, 0.4) is 0 Å². The van der Waals surface area contributed by atoms with Crippen LogP contribution in [-0.2, 0) is 0 Å². The van der Waals surface area contributed by atoms with E-state index in [4.69, 9.17) is 30.0 Å². The third kappa shape index (κ3) is 171. The van der Waals surface area contributed by atoms with Crippen LogP contribution in [0.5, 0.6) is 0 Å². The Hall–Kier alpha value is -1.46. The Morgan fingerprint density at radius 1 is 0.818 bits per heavy atom. The van der Waals surface area contributed by atoms with Gasteiger partial charge in [-0.15, -0.1) is 0 Å². The van der Waals surface area contributed by atoms with E-state index in [2.05, 4.69) is 0 Å². The number of hydrogen-bond donors (Lipinski definition) is 4. The summed E-state index contributed by atoms with van der Waals surface area (Å²) in [6, 6.07) is 0. The molecule has 0 spiro atoms. The lowest BCUT2D eigenvalue weighted by Gasteiger charge is -1.60. The summed E-state index contributed by atoms with van der Waals surface area (Å²) in [5, 5.41) is 27.9. The average Bonchev–Trinajstić information content (AvgIpc) is 1.66. The summed E-state index contributed by atoms with van der Waals surface area (Å²) in [6.07, 6.45) is -3.67. The Labute approximate surface area is 64.7 Å². The van der Waals surface area contributed by atoms with Crippen LogP contribution in [0.1, 0.15) is 21.3 Å². The zero-order valence-electron chi connectivity index (χ0n) is 5.61. The maximum Gasteiger partial charge on any atom is 0.503 e. The van der Waals surface area contributed by atoms with Crippen molar-refractivity contribution in [1.82, 2.24) is 0 Å². The van der Waals surface area contributed by atoms with Gasteiger partial charge in [0.2, 0.25) is 0 Å². The molecule has 0 aliphatic heterocycles. The number of carboxylic acid groups (broad SMARTS) is 4. The van der Waals surface area contributed by atoms with Crippen molar-refractivity contribution in [2.75, 3.05) is 0 Å². The molecule has 6 nitrogen and oxygen atoms in total. The minimum atomic E-state index is -1.83. The van der Waals surface area contributed by atoms with Crippen LogP contribution < -0.4 is 0 Å². The fraction of sp³-hybridized carbons (Fsp3) is 0.600. The van der Waals surface area contributed by atoms with Gasteiger partial charge in [-0.25, -0.2) is 9.59 Å². The molecule has 0 radical (unpaired) electrons. The van der Waals surface area contributed by atoms with Gasteiger partial charge in [-0.3, -0.25) is 0 Å². The maximum absolute atomic E-state index is 8.56. The minimum Gasteiger partial charge on any atom is -0.450 e. The zero-order valence-corrected chi connectivity index (χ0v) is 5.61. The van der Waals surface area contributed by atoms with Crippen molar-refractivity contribution in [3.05, 3.63) is 0 Å². The number of hydrogen-bond acceptors (Lipinski definition) is 2. The second-order valence-electron chi connectivity index (χ2n) is 0.565. The van der Waals surface area contributed by atoms with Gasteiger partial charge in [-0.1, -0.05) is 21.3 Å². The molecule has 0 fully saturated rings. The first kappa shape index (κ1) is 22.7. The summed E-state index contributed by atoms with van der Waals surface area (Å²) in [6.45, 7) is 4.00. The van der Waals surface area contributed by atoms with Crippen molar-refractivity contribution in [2.45, 2.75) is 21.3 Å². The highest BCUT2D eigenvalue weighted by molar-refractivity contribution is 5.53. The van der Waals surface area contributed by atoms with E-state index in [9.17, 15) is 0 Å². The van der Waals surface area contributed by atoms with Crippen LogP contribution in [-0.4, -0.2) is 32.7 Å². The molecule has 0 rings (SSSR count). The Bertz CT molecular complexity index is 69.0. The molecule has 0 aromatic carbocycles. The van der Waals surface area contributed by atoms with Gasteiger partial charge >= 0.3 is 12.3 Å². The first-order chi connectivity index (χ1) is 4.46. The molecule has 0 aromatic heterocycles. The summed E-state index contributed by atoms with van der Waals surface area (Å²) >= 11 is 0. The van der Waals surface area contributed by atoms with Crippen molar-refractivity contribution >= 4 is 12.3 Å². The highest BCUT2D eigenvalue weighted by Crippen LogP contribution is 1.43. The van der Waals surface area contributed by atoms with Crippen molar-refractivity contribution in [1.29, 1.82) is 0 Å². The summed E-state index contributed by atoms with van der Waals surface area (Å²) in [5.41, 5.74) is 0. The third-order valence-corrected chi connectivity index (χ3v) is 0. The van der Waals surface area contributed by atoms with Crippen molar-refractivity contribution < 1.29 is 30.0 Å². The number of rotatable bonds is 0. The van der Waals surface area contributed by atoms with E-state index in [0.29, 0.717) is 0 Å². The lowest BCUT2D eigenvalue weighted by Crippen LogP contribution is -1.81. The summed E-state index contributed by atoms with van der Waals surface area (Å²) in [4.78, 5) is 17.1. The predicted octanol–water partition coefficient (Wildman–Crippen LogP) is 2.11. The molecule has 4 N–H and O–H groups in total. The summed E-state index contributed by atoms with van der Waals surface area (Å²) < 4.78 is 0. The Morgan fingerprint density at radius 2 is 0.818 bits per heavy atom. The maximum atomic E-state index is 8.56. The van der Waals surface area contributed by atoms with Gasteiger partial charge in [0.25, 0.3) is 0 Å². The molecule has 0 heterocycles. The van der Waals surface area contributed by atoms with E-state index < -0.39 is 12.3 Å². The molecule has 0 aromatic rings. The van der Waals surface area contributed by atoms with E-state index in [0.717, 1.165) is 0 Å². The Balaban J connectivity index is -0.0000000339. The zero-order chi connectivity index (χ0) is 9.15. The molecule has 0 unspecified atom stereocenters. The van der Waals surface area contributed by atoms with Crippen LogP contribution >= 0.6 is 0 Å². The Kier molecular flexibility index (Phi) is 48.5. The molecule has 0 atom stereocenters. The normalized spacial score (nSPS) is 4.91. The van der Waals surface area contributed by atoms with Gasteiger partial charge < -0.3 is 20.4 Å². The lowest BCUT2D eigenvalue weighted by atomic mass is 11.0. The SMILES string of the molecule is C.CC.O=C(O)O.O=C(O)O. The van der Waals surface area contributed by atoms with Crippen LogP contribution in [0, 0.1) is 0 Å². The lowest BCUT2D eigenvalue weighted by molar-refractivity contribution is 0.135. The quantitative estimate of drug-likeness (QED) is 0.442. The van der Waals surface area contributed by atoms with E-state index in [1.54, 1.807) is 0 Å².